The van der Waals surface area contributed by atoms with E-state index >= 15 is 0 Å². The van der Waals surface area contributed by atoms with Gasteiger partial charge in [0.25, 0.3) is 0 Å². The Morgan fingerprint density at radius 2 is 1.24 bits per heavy atom. The SMILES string of the molecule is Cc1cc(C)c(C(=O)Pc2ccc(Oc3ccccc3)cc2Oc2ccccc2)c(C)c1.[H-].[Li+]. The molecule has 3 nitrogen and oxygen atoms in total. The van der Waals surface area contributed by atoms with E-state index in [9.17, 15) is 4.79 Å². The van der Waals surface area contributed by atoms with Crippen LogP contribution in [-0.4, -0.2) is 5.52 Å². The first-order valence-electron chi connectivity index (χ1n) is 10.5. The Morgan fingerprint density at radius 3 is 1.82 bits per heavy atom. The third-order valence-corrected chi connectivity index (χ3v) is 6.21. The van der Waals surface area contributed by atoms with Crippen LogP contribution in [0.15, 0.2) is 91.0 Å². The molecule has 4 aromatic carbocycles. The molecule has 0 spiro atoms. The number of carbonyl (C=O) groups excluding carboxylic acids is 1. The summed E-state index contributed by atoms with van der Waals surface area (Å²) in [5, 5.41) is 0.846. The van der Waals surface area contributed by atoms with E-state index in [0.717, 1.165) is 33.3 Å². The topological polar surface area (TPSA) is 35.5 Å². The number of para-hydroxylation sites is 2. The van der Waals surface area contributed by atoms with Crippen molar-refractivity contribution in [3.8, 4) is 23.0 Å². The Kier molecular flexibility index (Phi) is 8.53. The number of aryl methyl sites for hydroxylation is 3. The van der Waals surface area contributed by atoms with Crippen LogP contribution in [0, 0.1) is 20.8 Å². The van der Waals surface area contributed by atoms with Gasteiger partial charge in [-0.05, 0) is 76.9 Å². The third kappa shape index (κ3) is 6.37. The van der Waals surface area contributed by atoms with E-state index in [4.69, 9.17) is 9.47 Å². The summed E-state index contributed by atoms with van der Waals surface area (Å²) in [6.07, 6.45) is 0. The monoisotopic (exact) mass is 448 g/mol. The summed E-state index contributed by atoms with van der Waals surface area (Å²) >= 11 is 0. The van der Waals surface area contributed by atoms with E-state index in [0.29, 0.717) is 17.2 Å². The summed E-state index contributed by atoms with van der Waals surface area (Å²) in [5.74, 6) is 2.74. The summed E-state index contributed by atoms with van der Waals surface area (Å²) < 4.78 is 12.2. The molecule has 0 heterocycles. The predicted molar refractivity (Wildman–Crippen MR) is 134 cm³/mol. The molecular weight excluding hydrogens is 422 g/mol. The second-order valence-electron chi connectivity index (χ2n) is 7.72. The van der Waals surface area contributed by atoms with Crippen LogP contribution < -0.4 is 33.6 Å². The Labute approximate surface area is 210 Å². The number of carbonyl (C=O) groups is 1. The van der Waals surface area contributed by atoms with Crippen LogP contribution in [0.25, 0.3) is 0 Å². The second kappa shape index (κ2) is 11.4. The molecule has 0 amide bonds. The van der Waals surface area contributed by atoms with Crippen LogP contribution in [0.5, 0.6) is 23.0 Å². The molecule has 0 aromatic heterocycles. The quantitative estimate of drug-likeness (QED) is 0.310. The fourth-order valence-electron chi connectivity index (χ4n) is 3.72. The van der Waals surface area contributed by atoms with E-state index in [1.54, 1.807) is 0 Å². The van der Waals surface area contributed by atoms with Gasteiger partial charge in [0.1, 0.15) is 23.0 Å². The first-order chi connectivity index (χ1) is 15.5. The first kappa shape index (κ1) is 24.8. The van der Waals surface area contributed by atoms with Crippen molar-refractivity contribution < 1.29 is 34.6 Å². The van der Waals surface area contributed by atoms with Gasteiger partial charge in [-0.15, -0.1) is 0 Å². The van der Waals surface area contributed by atoms with Crippen LogP contribution in [0.3, 0.4) is 0 Å². The van der Waals surface area contributed by atoms with Crippen molar-refractivity contribution in [2.75, 3.05) is 0 Å². The van der Waals surface area contributed by atoms with Gasteiger partial charge >= 0.3 is 18.9 Å². The summed E-state index contributed by atoms with van der Waals surface area (Å²) in [6, 6.07) is 29.0. The maximum absolute atomic E-state index is 13.3. The zero-order valence-electron chi connectivity index (χ0n) is 20.4. The number of hydrogen-bond donors (Lipinski definition) is 0. The van der Waals surface area contributed by atoms with Gasteiger partial charge in [-0.25, -0.2) is 0 Å². The largest absolute Gasteiger partial charge is 1.00 e. The number of ether oxygens (including phenoxy) is 2. The molecule has 5 heteroatoms. The van der Waals surface area contributed by atoms with Crippen LogP contribution >= 0.6 is 8.58 Å². The van der Waals surface area contributed by atoms with E-state index in [1.807, 2.05) is 99.6 Å². The van der Waals surface area contributed by atoms with Crippen molar-refractivity contribution >= 4 is 19.4 Å². The summed E-state index contributed by atoms with van der Waals surface area (Å²) in [6.45, 7) is 6.04. The molecule has 0 aliphatic heterocycles. The van der Waals surface area contributed by atoms with Crippen molar-refractivity contribution in [3.05, 3.63) is 113 Å². The maximum Gasteiger partial charge on any atom is 1.00 e. The fourth-order valence-corrected chi connectivity index (χ4v) is 4.89. The van der Waals surface area contributed by atoms with Crippen LogP contribution in [0.4, 0.5) is 0 Å². The van der Waals surface area contributed by atoms with Crippen molar-refractivity contribution in [2.24, 2.45) is 0 Å². The summed E-state index contributed by atoms with van der Waals surface area (Å²) in [4.78, 5) is 13.3. The minimum Gasteiger partial charge on any atom is -1.00 e. The predicted octanol–water partition coefficient (Wildman–Crippen LogP) is 4.46. The third-order valence-electron chi connectivity index (χ3n) is 5.06. The molecule has 4 rings (SSSR count). The Morgan fingerprint density at radius 1 is 0.697 bits per heavy atom. The molecule has 162 valence electrons. The second-order valence-corrected chi connectivity index (χ2v) is 8.96. The van der Waals surface area contributed by atoms with Crippen LogP contribution in [0.2, 0.25) is 0 Å². The van der Waals surface area contributed by atoms with Gasteiger partial charge in [-0.2, -0.15) is 0 Å². The van der Waals surface area contributed by atoms with Crippen molar-refractivity contribution in [3.63, 3.8) is 0 Å². The van der Waals surface area contributed by atoms with E-state index in [-0.39, 0.29) is 34.4 Å². The Balaban J connectivity index is 0.00000204. The molecule has 0 saturated carbocycles. The summed E-state index contributed by atoms with van der Waals surface area (Å²) in [7, 11) is -0.0594. The van der Waals surface area contributed by atoms with Gasteiger partial charge in [0.05, 0.1) is 0 Å². The molecule has 33 heavy (non-hydrogen) atoms. The van der Waals surface area contributed by atoms with E-state index < -0.39 is 0 Å². The standard InChI is InChI=1S/C28H25O3P.Li.H/c1-19-16-20(2)27(21(3)17-19)28(29)32-26-15-14-24(30-22-10-6-4-7-11-22)18-25(26)31-23-12-8-5-9-13-23;;/h4-18,32H,1-3H3;;/q;+1;-1. The van der Waals surface area contributed by atoms with Crippen molar-refractivity contribution in [2.45, 2.75) is 20.8 Å². The number of hydrogen-bond acceptors (Lipinski definition) is 3. The van der Waals surface area contributed by atoms with Crippen molar-refractivity contribution in [1.82, 2.24) is 0 Å². The van der Waals surface area contributed by atoms with Crippen molar-refractivity contribution in [1.29, 1.82) is 0 Å². The van der Waals surface area contributed by atoms with E-state index in [1.165, 1.54) is 0 Å². The first-order valence-corrected chi connectivity index (χ1v) is 11.5. The minimum atomic E-state index is -0.0594. The zero-order chi connectivity index (χ0) is 22.5. The van der Waals surface area contributed by atoms with Gasteiger partial charge in [0.2, 0.25) is 0 Å². The molecule has 0 aliphatic carbocycles. The fraction of sp³-hybridized carbons (Fsp3) is 0.107. The molecule has 4 aromatic rings. The van der Waals surface area contributed by atoms with Gasteiger partial charge in [0, 0.05) is 16.9 Å². The van der Waals surface area contributed by atoms with Gasteiger partial charge in [0.15, 0.2) is 5.52 Å². The number of benzene rings is 4. The van der Waals surface area contributed by atoms with Crippen LogP contribution in [-0.2, 0) is 0 Å². The molecule has 0 bridgehead atoms. The minimum absolute atomic E-state index is 0. The Hall–Kier alpha value is -2.82. The average molecular weight is 448 g/mol. The normalized spacial score (nSPS) is 10.6. The average Bonchev–Trinajstić information content (AvgIpc) is 2.76. The molecule has 1 unspecified atom stereocenters. The van der Waals surface area contributed by atoms with E-state index in [2.05, 4.69) is 12.1 Å². The van der Waals surface area contributed by atoms with Gasteiger partial charge in [-0.3, -0.25) is 4.79 Å². The molecule has 0 fully saturated rings. The maximum atomic E-state index is 13.3. The van der Waals surface area contributed by atoms with Gasteiger partial charge in [-0.1, -0.05) is 54.1 Å². The smallest absolute Gasteiger partial charge is 1.00 e. The molecule has 0 radical (unpaired) electrons. The molecule has 0 N–H and O–H groups in total. The molecule has 1 atom stereocenters. The van der Waals surface area contributed by atoms with Crippen LogP contribution in [0.1, 0.15) is 28.5 Å². The van der Waals surface area contributed by atoms with Gasteiger partial charge < -0.3 is 10.9 Å². The zero-order valence-corrected chi connectivity index (χ0v) is 20.4. The number of rotatable bonds is 7. The molecule has 0 saturated heterocycles. The Bertz CT molecular complexity index is 1220. The molecular formula is C28H26LiO3P. The molecule has 0 aliphatic rings. The summed E-state index contributed by atoms with van der Waals surface area (Å²) in [5.41, 5.74) is 4.08.